The number of hydrogen-bond acceptors (Lipinski definition) is 13. The van der Waals surface area contributed by atoms with Crippen molar-refractivity contribution in [2.24, 2.45) is 10.9 Å². The Kier molecular flexibility index (Phi) is 11.0. The number of aliphatic hydroxyl groups is 3. The first-order valence-corrected chi connectivity index (χ1v) is 25.6. The normalized spacial score (nSPS) is 31.4. The molecule has 5 heterocycles. The zero-order valence-electron chi connectivity index (χ0n) is 39.7. The highest BCUT2D eigenvalue weighted by Gasteiger charge is 2.59. The summed E-state index contributed by atoms with van der Waals surface area (Å²) in [6.07, 6.45) is 17.6. The van der Waals surface area contributed by atoms with Gasteiger partial charge < -0.3 is 54.3 Å². The third-order valence-electron chi connectivity index (χ3n) is 17.3. The molecule has 0 spiro atoms. The average molecular weight is 961 g/mol. The number of aliphatic hydroxyl groups excluding tert-OH is 2. The van der Waals surface area contributed by atoms with E-state index in [9.17, 15) is 25.2 Å². The molecule has 9 unspecified atom stereocenters. The van der Waals surface area contributed by atoms with Crippen molar-refractivity contribution in [3.05, 3.63) is 110 Å². The van der Waals surface area contributed by atoms with Gasteiger partial charge in [0.1, 0.15) is 47.2 Å². The van der Waals surface area contributed by atoms with Gasteiger partial charge in [0.25, 0.3) is 5.91 Å². The molecule has 71 heavy (non-hydrogen) atoms. The molecule has 1 amide bonds. The number of nitrogens with zero attached hydrogens (tertiary/aromatic N) is 2. The molecule has 8 bridgehead atoms. The van der Waals surface area contributed by atoms with Crippen molar-refractivity contribution in [3.63, 3.8) is 0 Å². The molecule has 0 radical (unpaired) electrons. The van der Waals surface area contributed by atoms with Crippen LogP contribution in [0.15, 0.2) is 63.8 Å². The topological polar surface area (TPSA) is 189 Å². The minimum atomic E-state index is -2.45. The summed E-state index contributed by atoms with van der Waals surface area (Å²) in [6.45, 7) is -0.596. The van der Waals surface area contributed by atoms with Crippen LogP contribution < -0.4 is 14.8 Å². The molecule has 366 valence electrons. The monoisotopic (exact) mass is 960 g/mol. The van der Waals surface area contributed by atoms with Gasteiger partial charge in [0.15, 0.2) is 23.2 Å². The highest BCUT2D eigenvalue weighted by Crippen LogP contribution is 2.62. The second-order valence-corrected chi connectivity index (χ2v) is 21.2. The standard InChI is InChI=1S/C57H57N3O11/c1-67-52-36-16-15-32-22-31-8-5-12-34(31)46-45(32)47(36)49-51(64)48(46)42(62)26-60-25-40-30(7-4-13-35(40)55(60)65)9-6-20-68-54-50(63)44-27-69-43(19-17-37(52)53(49)71-56(70-44)57(54,66)28-61)39-24-59-41-18-14-29(21-38(39)41)23-58-33-10-2-3-11-33/h4,7,13-14,17-19,21,24,31-34,43-44,50,54,56,58,61,63,66H,2-3,5,8-12,15-16,22-23,25-28H2,1H3/p+1. The van der Waals surface area contributed by atoms with Gasteiger partial charge in [-0.15, -0.1) is 0 Å². The van der Waals surface area contributed by atoms with Gasteiger partial charge in [-0.05, 0) is 109 Å². The van der Waals surface area contributed by atoms with Crippen LogP contribution in [0.25, 0.3) is 16.8 Å². The molecule has 5 aliphatic carbocycles. The fourth-order valence-corrected chi connectivity index (χ4v) is 13.8. The Hall–Kier alpha value is -5.92. The predicted molar refractivity (Wildman–Crippen MR) is 262 cm³/mol. The van der Waals surface area contributed by atoms with E-state index in [0.717, 1.165) is 101 Å². The number of aliphatic imine (C=N–C) groups is 1. The van der Waals surface area contributed by atoms with E-state index in [-0.39, 0.29) is 72.1 Å². The Bertz CT molecular complexity index is 3020. The highest BCUT2D eigenvalue weighted by atomic mass is 16.7. The molecule has 0 aromatic heterocycles. The molecule has 5 aliphatic heterocycles. The van der Waals surface area contributed by atoms with E-state index >= 15 is 4.79 Å². The van der Waals surface area contributed by atoms with Gasteiger partial charge >= 0.3 is 0 Å². The van der Waals surface area contributed by atoms with Crippen molar-refractivity contribution in [1.29, 1.82) is 0 Å². The second-order valence-electron chi connectivity index (χ2n) is 21.2. The summed E-state index contributed by atoms with van der Waals surface area (Å²) in [5, 5.41) is 54.2. The van der Waals surface area contributed by atoms with E-state index < -0.39 is 42.9 Å². The zero-order valence-corrected chi connectivity index (χ0v) is 39.7. The predicted octanol–water partition coefficient (Wildman–Crippen LogP) is 6.15. The minimum absolute atomic E-state index is 0.0196. The number of ether oxygens (including phenoxy) is 5. The minimum Gasteiger partial charge on any atom is -0.506 e. The van der Waals surface area contributed by atoms with E-state index in [0.29, 0.717) is 41.8 Å². The molecule has 3 fully saturated rings. The fraction of sp³-hybridized carbons (Fsp3) is 0.474. The van der Waals surface area contributed by atoms with Crippen LogP contribution in [0.3, 0.4) is 0 Å². The van der Waals surface area contributed by atoms with Crippen LogP contribution in [0.2, 0.25) is 0 Å². The molecule has 3 aromatic rings. The Morgan fingerprint density at radius 1 is 1.04 bits per heavy atom. The Balaban J connectivity index is 1.04. The van der Waals surface area contributed by atoms with Crippen LogP contribution in [0, 0.1) is 24.4 Å². The Morgan fingerprint density at radius 3 is 2.76 bits per heavy atom. The summed E-state index contributed by atoms with van der Waals surface area (Å²) >= 11 is 0. The number of allylic oxidation sites excluding steroid dienone is 3. The number of rotatable bonds is 6. The number of fused-ring (bicyclic) bond motifs is 8. The SMILES string of the molecule is COc1c2c3c4c(O)c(c5c6c4c1CCC6CC1CCCC51)C(=O)CN1Cc4c(cccc4C1=O)CC#COC1C(O)C(COC(C4=C5[CH+]C(CNC6CCCC6)=CC=C5N=C4)C=C2)OC(O3)C1(O)CO. The molecule has 5 N–H and O–H groups in total. The summed E-state index contributed by atoms with van der Waals surface area (Å²) in [6, 6.07) is 5.89. The van der Waals surface area contributed by atoms with E-state index in [1.807, 2.05) is 24.3 Å². The molecule has 1 saturated heterocycles. The molecule has 13 rings (SSSR count). The van der Waals surface area contributed by atoms with Gasteiger partial charge in [0, 0.05) is 60.8 Å². The maximum Gasteiger partial charge on any atom is 0.254 e. The maximum atomic E-state index is 15.4. The highest BCUT2D eigenvalue weighted by molar-refractivity contribution is 6.14. The number of nitrogens with one attached hydrogen (secondary N) is 1. The largest absolute Gasteiger partial charge is 0.506 e. The van der Waals surface area contributed by atoms with Gasteiger partial charge in [0.2, 0.25) is 6.29 Å². The first kappa shape index (κ1) is 45.0. The molecule has 2 saturated carbocycles. The van der Waals surface area contributed by atoms with Crippen molar-refractivity contribution >= 4 is 34.8 Å². The van der Waals surface area contributed by atoms with Crippen molar-refractivity contribution in [2.75, 3.05) is 33.4 Å². The maximum absolute atomic E-state index is 15.4. The number of aryl methyl sites for hydroxylation is 1. The summed E-state index contributed by atoms with van der Waals surface area (Å²) in [5.41, 5.74) is 6.33. The second kappa shape index (κ2) is 17.4. The summed E-state index contributed by atoms with van der Waals surface area (Å²) in [5.74, 6) is 3.00. The van der Waals surface area contributed by atoms with Crippen LogP contribution in [0.4, 0.5) is 0 Å². The van der Waals surface area contributed by atoms with Crippen molar-refractivity contribution in [1.82, 2.24) is 10.2 Å². The quantitative estimate of drug-likeness (QED) is 0.140. The lowest BCUT2D eigenvalue weighted by Crippen LogP contribution is -2.70. The van der Waals surface area contributed by atoms with Crippen LogP contribution in [0.5, 0.6) is 17.2 Å². The number of phenolic OH excluding ortho intramolecular Hbond substituents is 1. The average Bonchev–Trinajstić information content (AvgIpc) is 4.22. The molecule has 3 aromatic carbocycles. The lowest BCUT2D eigenvalue weighted by atomic mass is 9.64. The van der Waals surface area contributed by atoms with Gasteiger partial charge in [-0.1, -0.05) is 37.3 Å². The molecular formula is C57H58N3O11+. The summed E-state index contributed by atoms with van der Waals surface area (Å²) < 4.78 is 33.0. The van der Waals surface area contributed by atoms with Crippen LogP contribution in [0.1, 0.15) is 124 Å². The number of aromatic hydroxyl groups is 1. The van der Waals surface area contributed by atoms with Gasteiger partial charge in [0.05, 0.1) is 55.2 Å². The Morgan fingerprint density at radius 2 is 1.92 bits per heavy atom. The van der Waals surface area contributed by atoms with E-state index in [4.69, 9.17) is 28.7 Å². The van der Waals surface area contributed by atoms with E-state index in [1.54, 1.807) is 30.4 Å². The first-order valence-electron chi connectivity index (χ1n) is 25.6. The number of methoxy groups -OCH3 is 1. The van der Waals surface area contributed by atoms with Gasteiger partial charge in [-0.3, -0.25) is 9.59 Å². The Labute approximate surface area is 412 Å². The lowest BCUT2D eigenvalue weighted by molar-refractivity contribution is -0.327. The van der Waals surface area contributed by atoms with Crippen LogP contribution >= 0.6 is 0 Å². The fourth-order valence-electron chi connectivity index (χ4n) is 13.8. The zero-order chi connectivity index (χ0) is 48.3. The number of benzene rings is 3. The number of carbonyl (C=O) groups excluding carboxylic acids is 2. The molecule has 9 atom stereocenters. The number of hydrogen-bond donors (Lipinski definition) is 5. The van der Waals surface area contributed by atoms with E-state index in [1.165, 1.54) is 12.8 Å². The van der Waals surface area contributed by atoms with Crippen LogP contribution in [-0.4, -0.2) is 119 Å². The van der Waals surface area contributed by atoms with Crippen LogP contribution in [-0.2, 0) is 33.6 Å². The number of ketones is 1. The molecule has 14 nitrogen and oxygen atoms in total. The van der Waals surface area contributed by atoms with Crippen molar-refractivity contribution in [3.8, 4) is 29.3 Å². The third-order valence-corrected chi connectivity index (χ3v) is 17.3. The van der Waals surface area contributed by atoms with Gasteiger partial charge in [-0.2, -0.15) is 4.99 Å². The number of carbonyl (C=O) groups is 2. The molecular weight excluding hydrogens is 903 g/mol. The van der Waals surface area contributed by atoms with E-state index in [2.05, 4.69) is 29.8 Å². The first-order chi connectivity index (χ1) is 34.6. The summed E-state index contributed by atoms with van der Waals surface area (Å²) in [4.78, 5) is 35.9. The number of amides is 1. The van der Waals surface area contributed by atoms with Gasteiger partial charge in [-0.25, -0.2) is 0 Å². The number of Topliss-reactive ketones (excluding diaryl/α,β-unsaturated/α-hetero) is 1. The lowest BCUT2D eigenvalue weighted by Gasteiger charge is -2.48. The molecule has 14 heteroatoms. The molecule has 10 aliphatic rings. The number of phenols is 1. The van der Waals surface area contributed by atoms with Crippen molar-refractivity contribution < 1.29 is 53.7 Å². The van der Waals surface area contributed by atoms with Crippen molar-refractivity contribution in [2.45, 2.75) is 131 Å². The third kappa shape index (κ3) is 7.06. The summed E-state index contributed by atoms with van der Waals surface area (Å²) in [7, 11) is 1.60. The smallest absolute Gasteiger partial charge is 0.254 e.